The molecule has 0 saturated carbocycles. The fraction of sp³-hybridized carbons (Fsp3) is 0.533. The van der Waals surface area contributed by atoms with E-state index in [-0.39, 0.29) is 24.0 Å². The molecule has 1 aromatic carbocycles. The molecule has 5 heteroatoms. The molecule has 1 aliphatic rings. The second kappa shape index (κ2) is 9.85. The Morgan fingerprint density at radius 3 is 3.05 bits per heavy atom. The van der Waals surface area contributed by atoms with Crippen LogP contribution in [0.2, 0.25) is 0 Å². The van der Waals surface area contributed by atoms with Crippen molar-refractivity contribution in [1.29, 1.82) is 0 Å². The minimum absolute atomic E-state index is 0. The van der Waals surface area contributed by atoms with Gasteiger partial charge in [0.05, 0.1) is 6.61 Å². The standard InChI is InChI=1S/C15H23N3O.HI/c1-2-11-19-14-6-3-5-13(12-14)7-10-18-15-16-8-4-9-17-15;/h3,5-6,12H,2,4,7-11H2,1H3,(H2,16,17,18);1H. The van der Waals surface area contributed by atoms with Gasteiger partial charge in [-0.3, -0.25) is 4.99 Å². The Morgan fingerprint density at radius 2 is 2.30 bits per heavy atom. The minimum Gasteiger partial charge on any atom is -0.494 e. The number of hydrogen-bond acceptors (Lipinski definition) is 4. The van der Waals surface area contributed by atoms with E-state index < -0.39 is 0 Å². The fourth-order valence-corrected chi connectivity index (χ4v) is 1.99. The molecule has 0 bridgehead atoms. The lowest BCUT2D eigenvalue weighted by Crippen LogP contribution is -2.41. The van der Waals surface area contributed by atoms with Crippen LogP contribution in [-0.4, -0.2) is 32.2 Å². The van der Waals surface area contributed by atoms with Crippen LogP contribution in [0, 0.1) is 0 Å². The Morgan fingerprint density at radius 1 is 1.40 bits per heavy atom. The summed E-state index contributed by atoms with van der Waals surface area (Å²) in [4.78, 5) is 4.39. The van der Waals surface area contributed by atoms with Gasteiger partial charge < -0.3 is 15.4 Å². The molecule has 0 atom stereocenters. The summed E-state index contributed by atoms with van der Waals surface area (Å²) in [7, 11) is 0. The van der Waals surface area contributed by atoms with Gasteiger partial charge in [0.25, 0.3) is 0 Å². The van der Waals surface area contributed by atoms with Crippen molar-refractivity contribution >= 4 is 29.9 Å². The monoisotopic (exact) mass is 389 g/mol. The second-order valence-electron chi connectivity index (χ2n) is 4.68. The van der Waals surface area contributed by atoms with Crippen LogP contribution in [0.1, 0.15) is 25.3 Å². The first-order chi connectivity index (χ1) is 9.38. The van der Waals surface area contributed by atoms with Crippen LogP contribution in [0.25, 0.3) is 0 Å². The predicted octanol–water partition coefficient (Wildman–Crippen LogP) is 2.57. The van der Waals surface area contributed by atoms with E-state index in [0.29, 0.717) is 0 Å². The van der Waals surface area contributed by atoms with Gasteiger partial charge in [-0.1, -0.05) is 19.1 Å². The van der Waals surface area contributed by atoms with Crippen LogP contribution in [0.5, 0.6) is 5.75 Å². The van der Waals surface area contributed by atoms with E-state index in [2.05, 4.69) is 40.7 Å². The average Bonchev–Trinajstić information content (AvgIpc) is 2.47. The fourth-order valence-electron chi connectivity index (χ4n) is 1.99. The van der Waals surface area contributed by atoms with Crippen molar-refractivity contribution in [2.45, 2.75) is 26.2 Å². The molecule has 0 aliphatic carbocycles. The molecule has 1 heterocycles. The average molecular weight is 389 g/mol. The summed E-state index contributed by atoms with van der Waals surface area (Å²) in [5, 5.41) is 6.59. The van der Waals surface area contributed by atoms with E-state index in [0.717, 1.165) is 57.2 Å². The Bertz CT molecular complexity index is 423. The topological polar surface area (TPSA) is 45.6 Å². The number of halogens is 1. The van der Waals surface area contributed by atoms with Crippen LogP contribution in [-0.2, 0) is 6.42 Å². The number of aliphatic imine (C=N–C) groups is 1. The summed E-state index contributed by atoms with van der Waals surface area (Å²) in [5.41, 5.74) is 1.29. The summed E-state index contributed by atoms with van der Waals surface area (Å²) >= 11 is 0. The summed E-state index contributed by atoms with van der Waals surface area (Å²) in [6, 6.07) is 8.32. The third kappa shape index (κ3) is 5.98. The Labute approximate surface area is 138 Å². The molecule has 112 valence electrons. The van der Waals surface area contributed by atoms with E-state index in [1.54, 1.807) is 0 Å². The van der Waals surface area contributed by atoms with Gasteiger partial charge in [0.15, 0.2) is 5.96 Å². The highest BCUT2D eigenvalue weighted by atomic mass is 127. The second-order valence-corrected chi connectivity index (χ2v) is 4.68. The lowest BCUT2D eigenvalue weighted by atomic mass is 10.1. The number of ether oxygens (including phenoxy) is 1. The summed E-state index contributed by atoms with van der Waals surface area (Å²) < 4.78 is 5.64. The number of rotatable bonds is 6. The lowest BCUT2D eigenvalue weighted by Gasteiger charge is -2.16. The van der Waals surface area contributed by atoms with Gasteiger partial charge in [-0.2, -0.15) is 0 Å². The highest BCUT2D eigenvalue weighted by molar-refractivity contribution is 14.0. The molecular weight excluding hydrogens is 365 g/mol. The van der Waals surface area contributed by atoms with Crippen molar-refractivity contribution in [3.05, 3.63) is 29.8 Å². The van der Waals surface area contributed by atoms with E-state index in [1.165, 1.54) is 5.56 Å². The Balaban J connectivity index is 0.00000200. The molecule has 0 fully saturated rings. The first-order valence-electron chi connectivity index (χ1n) is 7.12. The maximum atomic E-state index is 5.64. The van der Waals surface area contributed by atoms with Gasteiger partial charge in [0, 0.05) is 19.6 Å². The molecular formula is C15H24IN3O. The zero-order valence-electron chi connectivity index (χ0n) is 12.0. The lowest BCUT2D eigenvalue weighted by molar-refractivity contribution is 0.317. The van der Waals surface area contributed by atoms with Crippen LogP contribution in [0.15, 0.2) is 29.3 Å². The molecule has 2 rings (SSSR count). The molecule has 1 aliphatic heterocycles. The summed E-state index contributed by atoms with van der Waals surface area (Å²) in [6.07, 6.45) is 3.14. The van der Waals surface area contributed by atoms with Crippen LogP contribution in [0.4, 0.5) is 0 Å². The third-order valence-electron chi connectivity index (χ3n) is 2.97. The van der Waals surface area contributed by atoms with Crippen molar-refractivity contribution in [1.82, 2.24) is 10.6 Å². The SMILES string of the molecule is CCCOc1cccc(CCNC2=NCCCN2)c1.I. The summed E-state index contributed by atoms with van der Waals surface area (Å²) in [6.45, 7) is 5.74. The van der Waals surface area contributed by atoms with Crippen molar-refractivity contribution < 1.29 is 4.74 Å². The number of guanidine groups is 1. The van der Waals surface area contributed by atoms with Gasteiger partial charge in [-0.15, -0.1) is 24.0 Å². The minimum atomic E-state index is 0. The van der Waals surface area contributed by atoms with Gasteiger partial charge in [-0.25, -0.2) is 0 Å². The maximum absolute atomic E-state index is 5.64. The number of nitrogens with one attached hydrogen (secondary N) is 2. The highest BCUT2D eigenvalue weighted by Gasteiger charge is 2.03. The smallest absolute Gasteiger partial charge is 0.191 e. The summed E-state index contributed by atoms with van der Waals surface area (Å²) in [5.74, 6) is 1.90. The van der Waals surface area contributed by atoms with E-state index in [9.17, 15) is 0 Å². The zero-order valence-corrected chi connectivity index (χ0v) is 14.4. The molecule has 0 spiro atoms. The van der Waals surface area contributed by atoms with Crippen LogP contribution < -0.4 is 15.4 Å². The molecule has 0 amide bonds. The molecule has 1 aromatic rings. The van der Waals surface area contributed by atoms with Crippen molar-refractivity contribution in [3.8, 4) is 5.75 Å². The predicted molar refractivity (Wildman–Crippen MR) is 94.3 cm³/mol. The van der Waals surface area contributed by atoms with Gasteiger partial charge in [0.2, 0.25) is 0 Å². The molecule has 0 radical (unpaired) electrons. The Kier molecular flexibility index (Phi) is 8.41. The molecule has 2 N–H and O–H groups in total. The van der Waals surface area contributed by atoms with Crippen LogP contribution in [0.3, 0.4) is 0 Å². The zero-order chi connectivity index (χ0) is 13.3. The normalized spacial score (nSPS) is 13.8. The van der Waals surface area contributed by atoms with Crippen molar-refractivity contribution in [2.24, 2.45) is 4.99 Å². The number of benzene rings is 1. The molecule has 20 heavy (non-hydrogen) atoms. The molecule has 4 nitrogen and oxygen atoms in total. The largest absolute Gasteiger partial charge is 0.494 e. The first-order valence-corrected chi connectivity index (χ1v) is 7.12. The van der Waals surface area contributed by atoms with Crippen LogP contribution >= 0.6 is 24.0 Å². The van der Waals surface area contributed by atoms with Gasteiger partial charge in [-0.05, 0) is 37.0 Å². The van der Waals surface area contributed by atoms with Crippen molar-refractivity contribution in [2.75, 3.05) is 26.2 Å². The molecule has 0 saturated heterocycles. The molecule has 0 unspecified atom stereocenters. The highest BCUT2D eigenvalue weighted by Crippen LogP contribution is 2.13. The number of nitrogens with zero attached hydrogens (tertiary/aromatic N) is 1. The van der Waals surface area contributed by atoms with E-state index >= 15 is 0 Å². The quantitative estimate of drug-likeness (QED) is 0.736. The number of hydrogen-bond donors (Lipinski definition) is 2. The Hall–Kier alpha value is -0.980. The van der Waals surface area contributed by atoms with E-state index in [1.807, 2.05) is 6.07 Å². The first kappa shape index (κ1) is 17.1. The van der Waals surface area contributed by atoms with Gasteiger partial charge >= 0.3 is 0 Å². The van der Waals surface area contributed by atoms with Gasteiger partial charge in [0.1, 0.15) is 5.75 Å². The molecule has 0 aromatic heterocycles. The maximum Gasteiger partial charge on any atom is 0.191 e. The van der Waals surface area contributed by atoms with Crippen molar-refractivity contribution in [3.63, 3.8) is 0 Å². The third-order valence-corrected chi connectivity index (χ3v) is 2.97. The van der Waals surface area contributed by atoms with E-state index in [4.69, 9.17) is 4.74 Å².